The number of rotatable bonds is 3. The summed E-state index contributed by atoms with van der Waals surface area (Å²) in [5.41, 5.74) is 1.44. The molecule has 0 bridgehead atoms. The van der Waals surface area contributed by atoms with E-state index in [1.165, 1.54) is 24.5 Å². The van der Waals surface area contributed by atoms with Crippen molar-refractivity contribution < 1.29 is 18.0 Å². The lowest BCUT2D eigenvalue weighted by molar-refractivity contribution is -0.137. The van der Waals surface area contributed by atoms with Gasteiger partial charge < -0.3 is 10.6 Å². The molecule has 6 nitrogen and oxygen atoms in total. The molecular weight excluding hydrogens is 359 g/mol. The zero-order chi connectivity index (χ0) is 19.0. The summed E-state index contributed by atoms with van der Waals surface area (Å²) in [6.45, 7) is 0.489. The molecule has 3 heterocycles. The molecule has 2 N–H and O–H groups in total. The van der Waals surface area contributed by atoms with Crippen molar-refractivity contribution in [1.29, 1.82) is 0 Å². The smallest absolute Gasteiger partial charge is 0.363 e. The molecule has 1 aliphatic rings. The van der Waals surface area contributed by atoms with Gasteiger partial charge in [0.2, 0.25) is 5.91 Å². The van der Waals surface area contributed by atoms with Gasteiger partial charge in [-0.1, -0.05) is 12.1 Å². The number of amides is 1. The van der Waals surface area contributed by atoms with E-state index >= 15 is 0 Å². The van der Waals surface area contributed by atoms with E-state index in [2.05, 4.69) is 25.6 Å². The Labute approximate surface area is 151 Å². The number of hydrogen-bond donors (Lipinski definition) is 2. The molecule has 27 heavy (non-hydrogen) atoms. The Morgan fingerprint density at radius 1 is 1.04 bits per heavy atom. The molecule has 2 aromatic heterocycles. The van der Waals surface area contributed by atoms with Crippen LogP contribution in [0.1, 0.15) is 12.0 Å². The van der Waals surface area contributed by atoms with E-state index in [1.807, 2.05) is 0 Å². The van der Waals surface area contributed by atoms with Crippen molar-refractivity contribution in [3.8, 4) is 11.1 Å². The van der Waals surface area contributed by atoms with Gasteiger partial charge in [-0.3, -0.25) is 9.78 Å². The number of carbonyl (C=O) groups excluding carboxylic acids is 1. The van der Waals surface area contributed by atoms with Crippen LogP contribution in [0.5, 0.6) is 0 Å². The second kappa shape index (κ2) is 6.49. The molecule has 0 radical (unpaired) electrons. The van der Waals surface area contributed by atoms with Crippen LogP contribution < -0.4 is 10.6 Å². The number of carbonyl (C=O) groups is 1. The highest BCUT2D eigenvalue weighted by Crippen LogP contribution is 2.33. The maximum atomic E-state index is 12.8. The Morgan fingerprint density at radius 2 is 1.74 bits per heavy atom. The maximum Gasteiger partial charge on any atom is 0.416 e. The Kier molecular flexibility index (Phi) is 4.14. The summed E-state index contributed by atoms with van der Waals surface area (Å²) in [6, 6.07) is 4.73. The standard InChI is InChI=1S/C18H14F3N5O/c19-18(20,21)11-3-1-10(2-4-11)13-9-25-17(16-15(13)22-5-6-23-16)26-12-7-14(27)24-8-12/h1-6,9,12H,7-8H2,(H,24,27)(H,25,26). The van der Waals surface area contributed by atoms with Gasteiger partial charge in [-0.05, 0) is 17.7 Å². The number of alkyl halides is 3. The van der Waals surface area contributed by atoms with E-state index in [0.717, 1.165) is 12.1 Å². The zero-order valence-corrected chi connectivity index (χ0v) is 13.9. The second-order valence-electron chi connectivity index (χ2n) is 6.20. The maximum absolute atomic E-state index is 12.8. The highest BCUT2D eigenvalue weighted by molar-refractivity contribution is 5.96. The van der Waals surface area contributed by atoms with Crippen LogP contribution in [0.25, 0.3) is 22.2 Å². The van der Waals surface area contributed by atoms with Crippen LogP contribution in [-0.4, -0.2) is 33.4 Å². The molecule has 1 unspecified atom stereocenters. The highest BCUT2D eigenvalue weighted by Gasteiger charge is 2.30. The lowest BCUT2D eigenvalue weighted by Gasteiger charge is -2.14. The normalized spacial score (nSPS) is 17.1. The molecule has 138 valence electrons. The molecule has 1 atom stereocenters. The quantitative estimate of drug-likeness (QED) is 0.738. The minimum absolute atomic E-state index is 0.0377. The summed E-state index contributed by atoms with van der Waals surface area (Å²) in [5.74, 6) is 0.444. The van der Waals surface area contributed by atoms with Crippen molar-refractivity contribution in [2.45, 2.75) is 18.6 Å². The van der Waals surface area contributed by atoms with Gasteiger partial charge >= 0.3 is 6.18 Å². The predicted octanol–water partition coefficient (Wildman–Crippen LogP) is 3.01. The number of nitrogens with one attached hydrogen (secondary N) is 2. The SMILES string of the molecule is O=C1CC(Nc2ncc(-c3ccc(C(F)(F)F)cc3)c3nccnc23)CN1. The summed E-state index contributed by atoms with van der Waals surface area (Å²) in [5, 5.41) is 5.91. The van der Waals surface area contributed by atoms with E-state index in [0.29, 0.717) is 40.9 Å². The number of benzene rings is 1. The summed E-state index contributed by atoms with van der Waals surface area (Å²) < 4.78 is 38.3. The van der Waals surface area contributed by atoms with E-state index in [9.17, 15) is 18.0 Å². The number of aromatic nitrogens is 3. The summed E-state index contributed by atoms with van der Waals surface area (Å²) in [4.78, 5) is 24.4. The lowest BCUT2D eigenvalue weighted by Crippen LogP contribution is -2.23. The Bertz CT molecular complexity index is 1000. The van der Waals surface area contributed by atoms with Crippen LogP contribution in [0.2, 0.25) is 0 Å². The first kappa shape index (κ1) is 17.2. The number of anilines is 1. The van der Waals surface area contributed by atoms with E-state index in [4.69, 9.17) is 0 Å². The molecule has 1 aliphatic heterocycles. The Hall–Kier alpha value is -3.23. The van der Waals surface area contributed by atoms with Gasteiger partial charge in [0.15, 0.2) is 5.82 Å². The summed E-state index contributed by atoms with van der Waals surface area (Å²) in [7, 11) is 0. The average Bonchev–Trinajstić information content (AvgIpc) is 3.06. The molecule has 1 aromatic carbocycles. The Morgan fingerprint density at radius 3 is 2.37 bits per heavy atom. The van der Waals surface area contributed by atoms with Crippen molar-refractivity contribution in [2.75, 3.05) is 11.9 Å². The third-order valence-electron chi connectivity index (χ3n) is 4.34. The fourth-order valence-electron chi connectivity index (χ4n) is 3.02. The van der Waals surface area contributed by atoms with Gasteiger partial charge in [0.25, 0.3) is 0 Å². The predicted molar refractivity (Wildman–Crippen MR) is 92.8 cm³/mol. The van der Waals surface area contributed by atoms with E-state index < -0.39 is 11.7 Å². The van der Waals surface area contributed by atoms with Crippen LogP contribution in [0.3, 0.4) is 0 Å². The molecule has 4 rings (SSSR count). The first-order valence-corrected chi connectivity index (χ1v) is 8.22. The molecule has 0 saturated carbocycles. The van der Waals surface area contributed by atoms with Gasteiger partial charge in [-0.2, -0.15) is 13.2 Å². The number of fused-ring (bicyclic) bond motifs is 1. The van der Waals surface area contributed by atoms with Crippen LogP contribution in [0.4, 0.5) is 19.0 Å². The van der Waals surface area contributed by atoms with Crippen LogP contribution >= 0.6 is 0 Å². The topological polar surface area (TPSA) is 79.8 Å². The van der Waals surface area contributed by atoms with Gasteiger partial charge in [-0.25, -0.2) is 9.97 Å². The molecule has 0 aliphatic carbocycles. The molecule has 1 fully saturated rings. The third-order valence-corrected chi connectivity index (χ3v) is 4.34. The van der Waals surface area contributed by atoms with Crippen LogP contribution in [-0.2, 0) is 11.0 Å². The number of hydrogen-bond acceptors (Lipinski definition) is 5. The van der Waals surface area contributed by atoms with Gasteiger partial charge in [0.1, 0.15) is 11.0 Å². The molecule has 3 aromatic rings. The fraction of sp³-hybridized carbons (Fsp3) is 0.222. The first-order chi connectivity index (χ1) is 12.9. The summed E-state index contributed by atoms with van der Waals surface area (Å²) >= 11 is 0. The molecule has 1 amide bonds. The van der Waals surface area contributed by atoms with Gasteiger partial charge in [0, 0.05) is 37.1 Å². The minimum atomic E-state index is -4.39. The third kappa shape index (κ3) is 3.40. The second-order valence-corrected chi connectivity index (χ2v) is 6.20. The number of pyridine rings is 1. The lowest BCUT2D eigenvalue weighted by atomic mass is 10.0. The number of nitrogens with zero attached hydrogens (tertiary/aromatic N) is 3. The largest absolute Gasteiger partial charge is 0.416 e. The van der Waals surface area contributed by atoms with Crippen LogP contribution in [0, 0.1) is 0 Å². The monoisotopic (exact) mass is 373 g/mol. The molecule has 1 saturated heterocycles. The zero-order valence-electron chi connectivity index (χ0n) is 13.9. The van der Waals surface area contributed by atoms with Crippen molar-refractivity contribution >= 4 is 22.8 Å². The molecule has 0 spiro atoms. The number of halogens is 3. The van der Waals surface area contributed by atoms with Crippen molar-refractivity contribution in [1.82, 2.24) is 20.3 Å². The first-order valence-electron chi connectivity index (χ1n) is 8.22. The van der Waals surface area contributed by atoms with E-state index in [1.54, 1.807) is 6.20 Å². The van der Waals surface area contributed by atoms with Crippen molar-refractivity contribution in [3.63, 3.8) is 0 Å². The average molecular weight is 373 g/mol. The van der Waals surface area contributed by atoms with Crippen molar-refractivity contribution in [2.24, 2.45) is 0 Å². The van der Waals surface area contributed by atoms with Crippen LogP contribution in [0.15, 0.2) is 42.9 Å². The van der Waals surface area contributed by atoms with Crippen molar-refractivity contribution in [3.05, 3.63) is 48.4 Å². The fourth-order valence-corrected chi connectivity index (χ4v) is 3.02. The molecular formula is C18H14F3N5O. The summed E-state index contributed by atoms with van der Waals surface area (Å²) in [6.07, 6.45) is 0.527. The highest BCUT2D eigenvalue weighted by atomic mass is 19.4. The Balaban J connectivity index is 1.72. The minimum Gasteiger partial charge on any atom is -0.363 e. The van der Waals surface area contributed by atoms with E-state index in [-0.39, 0.29) is 11.9 Å². The molecule has 9 heteroatoms. The van der Waals surface area contributed by atoms with Gasteiger partial charge in [-0.15, -0.1) is 0 Å². The van der Waals surface area contributed by atoms with Gasteiger partial charge in [0.05, 0.1) is 11.6 Å².